The zero-order valence-electron chi connectivity index (χ0n) is 12.0. The second-order valence-corrected chi connectivity index (χ2v) is 4.30. The zero-order chi connectivity index (χ0) is 16.1. The molecular weight excluding hydrogens is 288 g/mol. The van der Waals surface area contributed by atoms with Gasteiger partial charge in [0.05, 0.1) is 19.1 Å². The summed E-state index contributed by atoms with van der Waals surface area (Å²) in [4.78, 5) is 14.4. The zero-order valence-corrected chi connectivity index (χ0v) is 12.0. The molecule has 0 atom stereocenters. The molecule has 1 N–H and O–H groups in total. The van der Waals surface area contributed by atoms with Crippen molar-refractivity contribution >= 4 is 17.6 Å². The summed E-state index contributed by atoms with van der Waals surface area (Å²) in [6.07, 6.45) is 1.33. The Bertz CT molecular complexity index is 728. The van der Waals surface area contributed by atoms with Gasteiger partial charge in [-0.2, -0.15) is 0 Å². The molecule has 0 heterocycles. The lowest BCUT2D eigenvalue weighted by molar-refractivity contribution is -0.384. The summed E-state index contributed by atoms with van der Waals surface area (Å²) in [5, 5.41) is 20.5. The smallest absolute Gasteiger partial charge is 0.270 e. The monoisotopic (exact) mass is 302 g/mol. The molecule has 0 amide bonds. The Balaban J connectivity index is 2.40. The maximum absolute atomic E-state index is 10.8. The van der Waals surface area contributed by atoms with E-state index in [-0.39, 0.29) is 17.0 Å². The first kappa shape index (κ1) is 15.3. The van der Waals surface area contributed by atoms with Crippen LogP contribution in [-0.2, 0) is 0 Å². The number of phenolic OH excluding ortho intramolecular Hbond substituents is 1. The standard InChI is InChI=1S/C15H14N2O5/c1-21-12-4-6-15(22-2)13(8-12)16-9-10-7-11(17(19)20)3-5-14(10)18/h3-9,18H,1-2H3. The molecule has 22 heavy (non-hydrogen) atoms. The molecule has 0 bridgehead atoms. The van der Waals surface area contributed by atoms with Gasteiger partial charge in [0.25, 0.3) is 5.69 Å². The van der Waals surface area contributed by atoms with E-state index in [1.165, 1.54) is 38.6 Å². The van der Waals surface area contributed by atoms with Crippen molar-refractivity contribution in [2.24, 2.45) is 4.99 Å². The van der Waals surface area contributed by atoms with Crippen molar-refractivity contribution in [3.05, 3.63) is 52.1 Å². The van der Waals surface area contributed by atoms with Crippen LogP contribution in [0.3, 0.4) is 0 Å². The van der Waals surface area contributed by atoms with Crippen LogP contribution >= 0.6 is 0 Å². The molecule has 0 aliphatic heterocycles. The number of rotatable bonds is 5. The number of nitro groups is 1. The average Bonchev–Trinajstić information content (AvgIpc) is 2.53. The van der Waals surface area contributed by atoms with Crippen LogP contribution in [0.2, 0.25) is 0 Å². The van der Waals surface area contributed by atoms with Crippen LogP contribution in [0.5, 0.6) is 17.2 Å². The van der Waals surface area contributed by atoms with Crippen LogP contribution in [0.25, 0.3) is 0 Å². The molecule has 0 aliphatic carbocycles. The van der Waals surface area contributed by atoms with Gasteiger partial charge in [0.2, 0.25) is 0 Å². The molecule has 2 aromatic carbocycles. The van der Waals surface area contributed by atoms with Gasteiger partial charge in [-0.05, 0) is 18.2 Å². The molecule has 2 aromatic rings. The molecule has 114 valence electrons. The number of nitro benzene ring substituents is 1. The van der Waals surface area contributed by atoms with Gasteiger partial charge in [-0.1, -0.05) is 0 Å². The van der Waals surface area contributed by atoms with E-state index < -0.39 is 4.92 Å². The Hall–Kier alpha value is -3.09. The van der Waals surface area contributed by atoms with Crippen molar-refractivity contribution in [3.63, 3.8) is 0 Å². The summed E-state index contributed by atoms with van der Waals surface area (Å²) in [6.45, 7) is 0. The second kappa shape index (κ2) is 6.57. The Kier molecular flexibility index (Phi) is 4.57. The van der Waals surface area contributed by atoms with E-state index in [1.807, 2.05) is 0 Å². The number of non-ortho nitro benzene ring substituents is 1. The van der Waals surface area contributed by atoms with Crippen molar-refractivity contribution in [1.29, 1.82) is 0 Å². The van der Waals surface area contributed by atoms with Crippen LogP contribution in [0, 0.1) is 10.1 Å². The predicted molar refractivity (Wildman–Crippen MR) is 81.6 cm³/mol. The molecule has 7 nitrogen and oxygen atoms in total. The lowest BCUT2D eigenvalue weighted by atomic mass is 10.2. The van der Waals surface area contributed by atoms with Crippen molar-refractivity contribution in [2.75, 3.05) is 14.2 Å². The first-order chi connectivity index (χ1) is 10.5. The number of phenols is 1. The van der Waals surface area contributed by atoms with Crippen LogP contribution < -0.4 is 9.47 Å². The van der Waals surface area contributed by atoms with Gasteiger partial charge in [-0.15, -0.1) is 0 Å². The summed E-state index contributed by atoms with van der Waals surface area (Å²) in [5.74, 6) is 1.01. The van der Waals surface area contributed by atoms with Gasteiger partial charge in [-0.25, -0.2) is 0 Å². The van der Waals surface area contributed by atoms with E-state index in [2.05, 4.69) is 4.99 Å². The van der Waals surface area contributed by atoms with Crippen LogP contribution in [0.15, 0.2) is 41.4 Å². The van der Waals surface area contributed by atoms with E-state index in [0.717, 1.165) is 0 Å². The Morgan fingerprint density at radius 1 is 1.18 bits per heavy atom. The minimum atomic E-state index is -0.539. The summed E-state index contributed by atoms with van der Waals surface area (Å²) >= 11 is 0. The molecule has 0 aromatic heterocycles. The van der Waals surface area contributed by atoms with Crippen molar-refractivity contribution in [3.8, 4) is 17.2 Å². The molecule has 0 saturated carbocycles. The Labute approximate surface area is 126 Å². The first-order valence-electron chi connectivity index (χ1n) is 6.28. The van der Waals surface area contributed by atoms with E-state index in [9.17, 15) is 15.2 Å². The number of hydrogen-bond donors (Lipinski definition) is 1. The second-order valence-electron chi connectivity index (χ2n) is 4.30. The van der Waals surface area contributed by atoms with Gasteiger partial charge >= 0.3 is 0 Å². The fraction of sp³-hybridized carbons (Fsp3) is 0.133. The maximum Gasteiger partial charge on any atom is 0.270 e. The van der Waals surface area contributed by atoms with Crippen molar-refractivity contribution < 1.29 is 19.5 Å². The topological polar surface area (TPSA) is 94.2 Å². The molecule has 0 fully saturated rings. The lowest BCUT2D eigenvalue weighted by Gasteiger charge is -2.06. The number of aliphatic imine (C=N–C) groups is 1. The van der Waals surface area contributed by atoms with Gasteiger partial charge in [0, 0.05) is 30.0 Å². The molecule has 2 rings (SSSR count). The Morgan fingerprint density at radius 2 is 1.95 bits per heavy atom. The molecule has 0 aliphatic rings. The number of nitrogens with zero attached hydrogens (tertiary/aromatic N) is 2. The van der Waals surface area contributed by atoms with Gasteiger partial charge in [0.15, 0.2) is 0 Å². The highest BCUT2D eigenvalue weighted by Gasteiger charge is 2.09. The molecule has 7 heteroatoms. The molecule has 0 radical (unpaired) electrons. The molecule has 0 saturated heterocycles. The molecular formula is C15H14N2O5. The highest BCUT2D eigenvalue weighted by molar-refractivity contribution is 5.87. The van der Waals surface area contributed by atoms with Crippen molar-refractivity contribution in [1.82, 2.24) is 0 Å². The third-order valence-corrected chi connectivity index (χ3v) is 2.95. The van der Waals surface area contributed by atoms with Gasteiger partial charge in [0.1, 0.15) is 22.9 Å². The summed E-state index contributed by atoms with van der Waals surface area (Å²) in [6, 6.07) is 8.79. The van der Waals surface area contributed by atoms with Gasteiger partial charge in [-0.3, -0.25) is 15.1 Å². The van der Waals surface area contributed by atoms with Crippen LogP contribution in [0.1, 0.15) is 5.56 Å². The van der Waals surface area contributed by atoms with Crippen molar-refractivity contribution in [2.45, 2.75) is 0 Å². The average molecular weight is 302 g/mol. The summed E-state index contributed by atoms with van der Waals surface area (Å²) in [5.41, 5.74) is 0.587. The fourth-order valence-electron chi connectivity index (χ4n) is 1.80. The minimum absolute atomic E-state index is 0.101. The summed E-state index contributed by atoms with van der Waals surface area (Å²) < 4.78 is 10.3. The number of ether oxygens (including phenoxy) is 2. The predicted octanol–water partition coefficient (Wildman–Crippen LogP) is 3.07. The third kappa shape index (κ3) is 3.32. The van der Waals surface area contributed by atoms with Crippen LogP contribution in [0.4, 0.5) is 11.4 Å². The van der Waals surface area contributed by atoms with Gasteiger partial charge < -0.3 is 14.6 Å². The highest BCUT2D eigenvalue weighted by Crippen LogP contribution is 2.32. The Morgan fingerprint density at radius 3 is 2.59 bits per heavy atom. The largest absolute Gasteiger partial charge is 0.507 e. The number of benzene rings is 2. The lowest BCUT2D eigenvalue weighted by Crippen LogP contribution is -1.91. The molecule has 0 unspecified atom stereocenters. The number of methoxy groups -OCH3 is 2. The maximum atomic E-state index is 10.8. The minimum Gasteiger partial charge on any atom is -0.507 e. The fourth-order valence-corrected chi connectivity index (χ4v) is 1.80. The quantitative estimate of drug-likeness (QED) is 0.520. The third-order valence-electron chi connectivity index (χ3n) is 2.95. The van der Waals surface area contributed by atoms with E-state index >= 15 is 0 Å². The molecule has 0 spiro atoms. The first-order valence-corrected chi connectivity index (χ1v) is 6.28. The van der Waals surface area contributed by atoms with E-state index in [1.54, 1.807) is 18.2 Å². The normalized spacial score (nSPS) is 10.6. The summed E-state index contributed by atoms with van der Waals surface area (Å²) in [7, 11) is 3.04. The SMILES string of the molecule is COc1ccc(OC)c(N=Cc2cc([N+](=O)[O-])ccc2O)c1. The number of hydrogen-bond acceptors (Lipinski definition) is 6. The van der Waals surface area contributed by atoms with Crippen LogP contribution in [-0.4, -0.2) is 30.5 Å². The number of aromatic hydroxyl groups is 1. The van der Waals surface area contributed by atoms with E-state index in [4.69, 9.17) is 9.47 Å². The highest BCUT2D eigenvalue weighted by atomic mass is 16.6. The van der Waals surface area contributed by atoms with E-state index in [0.29, 0.717) is 17.2 Å².